The Morgan fingerprint density at radius 1 is 1.22 bits per heavy atom. The maximum absolute atomic E-state index is 11.7. The van der Waals surface area contributed by atoms with Crippen molar-refractivity contribution < 1.29 is 19.4 Å². The number of aliphatic carboxylic acids is 1. The summed E-state index contributed by atoms with van der Waals surface area (Å²) in [5.74, 6) is -0.127. The molecule has 2 rings (SSSR count). The van der Waals surface area contributed by atoms with Crippen LogP contribution in [-0.2, 0) is 4.79 Å². The molecule has 0 spiro atoms. The Morgan fingerprint density at radius 3 is 2.48 bits per heavy atom. The summed E-state index contributed by atoms with van der Waals surface area (Å²) in [4.78, 5) is 11.7. The normalized spacial score (nSPS) is 11.2. The molecule has 2 aromatic rings. The molecule has 0 saturated carbocycles. The van der Waals surface area contributed by atoms with E-state index in [2.05, 4.69) is 15.9 Å². The summed E-state index contributed by atoms with van der Waals surface area (Å²) in [5, 5.41) is 9.56. The van der Waals surface area contributed by atoms with Crippen LogP contribution in [0.4, 0.5) is 5.69 Å². The third-order valence-corrected chi connectivity index (χ3v) is 3.86. The lowest BCUT2D eigenvalue weighted by Crippen LogP contribution is -2.02. The number of halogens is 1. The molecule has 0 bridgehead atoms. The Hall–Kier alpha value is -2.47. The van der Waals surface area contributed by atoms with Crippen LogP contribution in [0, 0.1) is 0 Å². The van der Waals surface area contributed by atoms with Gasteiger partial charge in [-0.2, -0.15) is 0 Å². The van der Waals surface area contributed by atoms with Crippen molar-refractivity contribution in [1.29, 1.82) is 0 Å². The minimum atomic E-state index is -1.06. The average Bonchev–Trinajstić information content (AvgIpc) is 2.52. The molecule has 5 nitrogen and oxygen atoms in total. The highest BCUT2D eigenvalue weighted by Crippen LogP contribution is 2.38. The first-order chi connectivity index (χ1) is 11.0. The number of anilines is 1. The van der Waals surface area contributed by atoms with Gasteiger partial charge in [0.1, 0.15) is 0 Å². The first kappa shape index (κ1) is 16.9. The second-order valence-corrected chi connectivity index (χ2v) is 5.54. The van der Waals surface area contributed by atoms with Gasteiger partial charge in [0.25, 0.3) is 0 Å². The summed E-state index contributed by atoms with van der Waals surface area (Å²) in [7, 11) is 3.01. The van der Waals surface area contributed by atoms with Gasteiger partial charge in [0.05, 0.1) is 24.3 Å². The van der Waals surface area contributed by atoms with Gasteiger partial charge < -0.3 is 20.3 Å². The van der Waals surface area contributed by atoms with E-state index in [9.17, 15) is 9.90 Å². The van der Waals surface area contributed by atoms with Gasteiger partial charge in [-0.25, -0.2) is 4.79 Å². The number of carboxylic acid groups (broad SMARTS) is 1. The van der Waals surface area contributed by atoms with Crippen LogP contribution in [-0.4, -0.2) is 25.3 Å². The summed E-state index contributed by atoms with van der Waals surface area (Å²) in [5.41, 5.74) is 7.61. The van der Waals surface area contributed by atoms with E-state index >= 15 is 0 Å². The van der Waals surface area contributed by atoms with E-state index in [-0.39, 0.29) is 5.57 Å². The molecular formula is C17H16BrNO4. The van der Waals surface area contributed by atoms with Crippen LogP contribution in [0.1, 0.15) is 11.1 Å². The molecule has 0 heterocycles. The summed E-state index contributed by atoms with van der Waals surface area (Å²) in [6, 6.07) is 10.3. The Morgan fingerprint density at radius 2 is 1.91 bits per heavy atom. The Labute approximate surface area is 142 Å². The van der Waals surface area contributed by atoms with Gasteiger partial charge in [-0.3, -0.25) is 0 Å². The van der Waals surface area contributed by atoms with Crippen molar-refractivity contribution in [3.8, 4) is 11.5 Å². The molecule has 2 aromatic carbocycles. The molecule has 0 saturated heterocycles. The predicted octanol–water partition coefficient (Wildman–Crippen LogP) is 3.67. The molecule has 120 valence electrons. The molecule has 0 fully saturated rings. The molecule has 0 unspecified atom stereocenters. The van der Waals surface area contributed by atoms with E-state index in [0.717, 1.165) is 0 Å². The van der Waals surface area contributed by atoms with Gasteiger partial charge in [-0.1, -0.05) is 18.2 Å². The van der Waals surface area contributed by atoms with Crippen LogP contribution in [0.15, 0.2) is 40.9 Å². The van der Waals surface area contributed by atoms with Crippen molar-refractivity contribution in [2.24, 2.45) is 0 Å². The minimum Gasteiger partial charge on any atom is -0.493 e. The molecular weight excluding hydrogens is 362 g/mol. The molecule has 0 aromatic heterocycles. The number of rotatable bonds is 5. The van der Waals surface area contributed by atoms with E-state index in [1.54, 1.807) is 36.4 Å². The highest BCUT2D eigenvalue weighted by molar-refractivity contribution is 9.10. The van der Waals surface area contributed by atoms with Gasteiger partial charge in [0, 0.05) is 5.69 Å². The van der Waals surface area contributed by atoms with Crippen molar-refractivity contribution in [2.75, 3.05) is 20.0 Å². The summed E-state index contributed by atoms with van der Waals surface area (Å²) in [6.45, 7) is 0. The van der Waals surface area contributed by atoms with Crippen molar-refractivity contribution in [3.05, 3.63) is 52.0 Å². The lowest BCUT2D eigenvalue weighted by Gasteiger charge is -2.12. The third-order valence-electron chi connectivity index (χ3n) is 3.27. The van der Waals surface area contributed by atoms with Crippen LogP contribution in [0.5, 0.6) is 11.5 Å². The summed E-state index contributed by atoms with van der Waals surface area (Å²) in [6.07, 6.45) is 1.53. The first-order valence-electron chi connectivity index (χ1n) is 6.69. The van der Waals surface area contributed by atoms with Crippen molar-refractivity contribution >= 4 is 39.2 Å². The third kappa shape index (κ3) is 3.65. The monoisotopic (exact) mass is 377 g/mol. The molecule has 0 aliphatic carbocycles. The van der Waals surface area contributed by atoms with E-state index in [1.807, 2.05) is 0 Å². The van der Waals surface area contributed by atoms with Gasteiger partial charge in [0.15, 0.2) is 11.5 Å². The second kappa shape index (κ2) is 7.19. The topological polar surface area (TPSA) is 81.8 Å². The largest absolute Gasteiger partial charge is 0.493 e. The van der Waals surface area contributed by atoms with Crippen molar-refractivity contribution in [2.45, 2.75) is 0 Å². The average molecular weight is 378 g/mol. The lowest BCUT2D eigenvalue weighted by atomic mass is 10.0. The molecule has 0 aliphatic heterocycles. The van der Waals surface area contributed by atoms with E-state index in [0.29, 0.717) is 32.8 Å². The molecule has 0 atom stereocenters. The zero-order valence-electron chi connectivity index (χ0n) is 12.7. The van der Waals surface area contributed by atoms with Crippen LogP contribution in [0.3, 0.4) is 0 Å². The number of hydrogen-bond donors (Lipinski definition) is 2. The first-order valence-corrected chi connectivity index (χ1v) is 7.48. The predicted molar refractivity (Wildman–Crippen MR) is 93.6 cm³/mol. The van der Waals surface area contributed by atoms with Gasteiger partial charge in [-0.15, -0.1) is 0 Å². The molecule has 6 heteroatoms. The Kier molecular flexibility index (Phi) is 5.28. The quantitative estimate of drug-likeness (QED) is 0.471. The maximum atomic E-state index is 11.7. The van der Waals surface area contributed by atoms with Crippen LogP contribution in [0.2, 0.25) is 0 Å². The number of carbonyl (C=O) groups is 1. The number of benzene rings is 2. The van der Waals surface area contributed by atoms with Crippen LogP contribution in [0.25, 0.3) is 11.6 Å². The van der Waals surface area contributed by atoms with E-state index in [4.69, 9.17) is 15.2 Å². The smallest absolute Gasteiger partial charge is 0.336 e. The van der Waals surface area contributed by atoms with Crippen molar-refractivity contribution in [1.82, 2.24) is 0 Å². The SMILES string of the molecule is COc1cc(/C(=C\c2ccccc2N)C(=O)O)cc(Br)c1OC. The fourth-order valence-corrected chi connectivity index (χ4v) is 2.74. The number of hydrogen-bond acceptors (Lipinski definition) is 4. The molecule has 0 amide bonds. The van der Waals surface area contributed by atoms with Gasteiger partial charge in [0.2, 0.25) is 0 Å². The fraction of sp³-hybridized carbons (Fsp3) is 0.118. The van der Waals surface area contributed by atoms with E-state index in [1.165, 1.54) is 20.3 Å². The number of nitrogen functional groups attached to an aromatic ring is 1. The standard InChI is InChI=1S/C17H16BrNO4/c1-22-15-9-11(8-13(18)16(15)23-2)12(17(20)21)7-10-5-3-4-6-14(10)19/h3-9H,19H2,1-2H3,(H,20,21)/b12-7+. The zero-order valence-corrected chi connectivity index (χ0v) is 14.3. The highest BCUT2D eigenvalue weighted by atomic mass is 79.9. The minimum absolute atomic E-state index is 0.101. The summed E-state index contributed by atoms with van der Waals surface area (Å²) < 4.78 is 11.1. The van der Waals surface area contributed by atoms with Crippen LogP contribution < -0.4 is 15.2 Å². The van der Waals surface area contributed by atoms with E-state index < -0.39 is 5.97 Å². The number of methoxy groups -OCH3 is 2. The molecule has 23 heavy (non-hydrogen) atoms. The van der Waals surface area contributed by atoms with Crippen molar-refractivity contribution in [3.63, 3.8) is 0 Å². The highest BCUT2D eigenvalue weighted by Gasteiger charge is 2.17. The molecule has 0 aliphatic rings. The number of carboxylic acids is 1. The number of nitrogens with two attached hydrogens (primary N) is 1. The van der Waals surface area contributed by atoms with Crippen LogP contribution >= 0.6 is 15.9 Å². The van der Waals surface area contributed by atoms with Gasteiger partial charge >= 0.3 is 5.97 Å². The summed E-state index contributed by atoms with van der Waals surface area (Å²) >= 11 is 3.37. The zero-order chi connectivity index (χ0) is 17.0. The fourth-order valence-electron chi connectivity index (χ4n) is 2.14. The second-order valence-electron chi connectivity index (χ2n) is 4.69. The Balaban J connectivity index is 2.62. The maximum Gasteiger partial charge on any atom is 0.336 e. The number of para-hydroxylation sites is 1. The number of ether oxygens (including phenoxy) is 2. The molecule has 0 radical (unpaired) electrons. The molecule has 3 N–H and O–H groups in total. The Bertz CT molecular complexity index is 771. The lowest BCUT2D eigenvalue weighted by molar-refractivity contribution is -0.130. The van der Waals surface area contributed by atoms with Gasteiger partial charge in [-0.05, 0) is 51.3 Å².